The van der Waals surface area contributed by atoms with Crippen LogP contribution in [0.1, 0.15) is 13.8 Å². The number of hydrogen-bond acceptors (Lipinski definition) is 8. The van der Waals surface area contributed by atoms with E-state index in [1.807, 2.05) is 18.7 Å². The van der Waals surface area contributed by atoms with Gasteiger partial charge in [0.15, 0.2) is 0 Å². The molecule has 1 aliphatic heterocycles. The summed E-state index contributed by atoms with van der Waals surface area (Å²) in [6.07, 6.45) is 0. The molecule has 118 valence electrons. The molecular weight excluding hydrogens is 272 g/mol. The summed E-state index contributed by atoms with van der Waals surface area (Å²) in [4.78, 5) is 17.5. The second-order valence-electron chi connectivity index (χ2n) is 4.69. The van der Waals surface area contributed by atoms with E-state index in [4.69, 9.17) is 9.84 Å². The summed E-state index contributed by atoms with van der Waals surface area (Å²) < 4.78 is 5.36. The maximum Gasteiger partial charge on any atom is 0.232 e. The SMILES string of the molecule is CCNc1nc(N(CC)CCO)nc(N2CCOCC2)n1. The zero-order valence-corrected chi connectivity index (χ0v) is 12.7. The van der Waals surface area contributed by atoms with E-state index < -0.39 is 0 Å². The lowest BCUT2D eigenvalue weighted by Crippen LogP contribution is -2.38. The van der Waals surface area contributed by atoms with Crippen LogP contribution in [0.15, 0.2) is 0 Å². The third-order valence-corrected chi connectivity index (χ3v) is 3.28. The largest absolute Gasteiger partial charge is 0.395 e. The van der Waals surface area contributed by atoms with Gasteiger partial charge in [0.2, 0.25) is 17.8 Å². The van der Waals surface area contributed by atoms with Crippen LogP contribution in [-0.4, -0.2) is 72.6 Å². The number of likely N-dealkylation sites (N-methyl/N-ethyl adjacent to an activating group) is 1. The number of aliphatic hydroxyl groups is 1. The number of anilines is 3. The molecular formula is C13H24N6O2. The molecule has 2 heterocycles. The van der Waals surface area contributed by atoms with Gasteiger partial charge >= 0.3 is 0 Å². The first-order valence-electron chi connectivity index (χ1n) is 7.47. The predicted molar refractivity (Wildman–Crippen MR) is 82.0 cm³/mol. The summed E-state index contributed by atoms with van der Waals surface area (Å²) in [5.41, 5.74) is 0. The van der Waals surface area contributed by atoms with Crippen LogP contribution in [0.4, 0.5) is 17.8 Å². The van der Waals surface area contributed by atoms with E-state index >= 15 is 0 Å². The van der Waals surface area contributed by atoms with Crippen LogP contribution in [-0.2, 0) is 4.74 Å². The zero-order chi connectivity index (χ0) is 15.1. The topological polar surface area (TPSA) is 86.6 Å². The molecule has 2 rings (SSSR count). The van der Waals surface area contributed by atoms with Gasteiger partial charge in [-0.2, -0.15) is 15.0 Å². The fraction of sp³-hybridized carbons (Fsp3) is 0.769. The molecule has 1 fully saturated rings. The Kier molecular flexibility index (Phi) is 5.94. The normalized spacial score (nSPS) is 15.1. The average Bonchev–Trinajstić information content (AvgIpc) is 2.53. The van der Waals surface area contributed by atoms with Gasteiger partial charge in [0, 0.05) is 32.7 Å². The molecule has 1 aromatic rings. The van der Waals surface area contributed by atoms with Crippen molar-refractivity contribution in [3.05, 3.63) is 0 Å². The van der Waals surface area contributed by atoms with Crippen LogP contribution in [0.2, 0.25) is 0 Å². The fourth-order valence-electron chi connectivity index (χ4n) is 2.16. The first-order chi connectivity index (χ1) is 10.3. The molecule has 8 heteroatoms. The minimum atomic E-state index is 0.0724. The maximum absolute atomic E-state index is 9.16. The number of rotatable bonds is 7. The standard InChI is InChI=1S/C13H24N6O2/c1-3-14-11-15-12(18(4-2)5-8-20)17-13(16-11)19-6-9-21-10-7-19/h20H,3-10H2,1-2H3,(H,14,15,16,17). The highest BCUT2D eigenvalue weighted by molar-refractivity contribution is 5.45. The molecule has 2 N–H and O–H groups in total. The molecule has 0 saturated carbocycles. The summed E-state index contributed by atoms with van der Waals surface area (Å²) in [7, 11) is 0. The Bertz CT molecular complexity index is 416. The molecule has 0 bridgehead atoms. The van der Waals surface area contributed by atoms with Crippen molar-refractivity contribution in [1.29, 1.82) is 0 Å². The first-order valence-corrected chi connectivity index (χ1v) is 7.47. The van der Waals surface area contributed by atoms with Gasteiger partial charge in [-0.1, -0.05) is 0 Å². The van der Waals surface area contributed by atoms with Crippen molar-refractivity contribution in [3.8, 4) is 0 Å². The Balaban J connectivity index is 2.28. The fourth-order valence-corrected chi connectivity index (χ4v) is 2.16. The molecule has 0 radical (unpaired) electrons. The van der Waals surface area contributed by atoms with E-state index in [-0.39, 0.29) is 6.61 Å². The zero-order valence-electron chi connectivity index (χ0n) is 12.7. The Labute approximate surface area is 125 Å². The maximum atomic E-state index is 9.16. The van der Waals surface area contributed by atoms with Crippen LogP contribution in [0.3, 0.4) is 0 Å². The van der Waals surface area contributed by atoms with Gasteiger partial charge in [-0.05, 0) is 13.8 Å². The van der Waals surface area contributed by atoms with E-state index in [0.29, 0.717) is 37.6 Å². The van der Waals surface area contributed by atoms with Crippen molar-refractivity contribution in [3.63, 3.8) is 0 Å². The lowest BCUT2D eigenvalue weighted by Gasteiger charge is -2.28. The van der Waals surface area contributed by atoms with Gasteiger partial charge in [-0.3, -0.25) is 0 Å². The molecule has 0 amide bonds. The molecule has 8 nitrogen and oxygen atoms in total. The number of nitrogens with one attached hydrogen (secondary N) is 1. The van der Waals surface area contributed by atoms with Crippen LogP contribution >= 0.6 is 0 Å². The Morgan fingerprint density at radius 3 is 2.62 bits per heavy atom. The number of aromatic nitrogens is 3. The van der Waals surface area contributed by atoms with Gasteiger partial charge in [0.1, 0.15) is 0 Å². The van der Waals surface area contributed by atoms with Crippen LogP contribution in [0.5, 0.6) is 0 Å². The van der Waals surface area contributed by atoms with Crippen LogP contribution in [0, 0.1) is 0 Å². The van der Waals surface area contributed by atoms with Crippen LogP contribution in [0.25, 0.3) is 0 Å². The molecule has 0 unspecified atom stereocenters. The van der Waals surface area contributed by atoms with Crippen molar-refractivity contribution >= 4 is 17.8 Å². The van der Waals surface area contributed by atoms with Crippen molar-refractivity contribution < 1.29 is 9.84 Å². The summed E-state index contributed by atoms with van der Waals surface area (Å²) in [5.74, 6) is 1.83. The third kappa shape index (κ3) is 4.15. The monoisotopic (exact) mass is 296 g/mol. The highest BCUT2D eigenvalue weighted by atomic mass is 16.5. The Hall–Kier alpha value is -1.67. The second kappa shape index (κ2) is 7.94. The van der Waals surface area contributed by atoms with Gasteiger partial charge in [-0.25, -0.2) is 0 Å². The molecule has 1 saturated heterocycles. The van der Waals surface area contributed by atoms with Gasteiger partial charge < -0.3 is 25.0 Å². The van der Waals surface area contributed by atoms with Gasteiger partial charge in [0.25, 0.3) is 0 Å². The number of aliphatic hydroxyl groups excluding tert-OH is 1. The van der Waals surface area contributed by atoms with Gasteiger partial charge in [-0.15, -0.1) is 0 Å². The van der Waals surface area contributed by atoms with E-state index in [0.717, 1.165) is 26.2 Å². The molecule has 1 aromatic heterocycles. The van der Waals surface area contributed by atoms with Crippen molar-refractivity contribution in [1.82, 2.24) is 15.0 Å². The highest BCUT2D eigenvalue weighted by Gasteiger charge is 2.18. The summed E-state index contributed by atoms with van der Waals surface area (Å²) >= 11 is 0. The smallest absolute Gasteiger partial charge is 0.232 e. The molecule has 0 atom stereocenters. The van der Waals surface area contributed by atoms with E-state index in [2.05, 4.69) is 25.2 Å². The Morgan fingerprint density at radius 2 is 2.00 bits per heavy atom. The number of nitrogens with zero attached hydrogens (tertiary/aromatic N) is 5. The van der Waals surface area contributed by atoms with Crippen molar-refractivity contribution in [2.75, 3.05) is 67.7 Å². The quantitative estimate of drug-likeness (QED) is 0.725. The number of ether oxygens (including phenoxy) is 1. The van der Waals surface area contributed by atoms with E-state index in [9.17, 15) is 0 Å². The summed E-state index contributed by atoms with van der Waals surface area (Å²) in [6.45, 7) is 9.01. The van der Waals surface area contributed by atoms with Crippen molar-refractivity contribution in [2.45, 2.75) is 13.8 Å². The molecule has 0 spiro atoms. The van der Waals surface area contributed by atoms with Crippen molar-refractivity contribution in [2.24, 2.45) is 0 Å². The minimum Gasteiger partial charge on any atom is -0.395 e. The Morgan fingerprint density at radius 1 is 1.24 bits per heavy atom. The lowest BCUT2D eigenvalue weighted by atomic mass is 10.4. The molecule has 21 heavy (non-hydrogen) atoms. The summed E-state index contributed by atoms with van der Waals surface area (Å²) in [5, 5.41) is 12.3. The number of hydrogen-bond donors (Lipinski definition) is 2. The highest BCUT2D eigenvalue weighted by Crippen LogP contribution is 2.17. The predicted octanol–water partition coefficient (Wildman–Crippen LogP) is -0.0414. The first kappa shape index (κ1) is 15.7. The molecule has 0 aliphatic carbocycles. The molecule has 0 aromatic carbocycles. The minimum absolute atomic E-state index is 0.0724. The second-order valence-corrected chi connectivity index (χ2v) is 4.69. The van der Waals surface area contributed by atoms with Crippen LogP contribution < -0.4 is 15.1 Å². The van der Waals surface area contributed by atoms with Gasteiger partial charge in [0.05, 0.1) is 19.8 Å². The average molecular weight is 296 g/mol. The number of morpholine rings is 1. The summed E-state index contributed by atoms with van der Waals surface area (Å²) in [6, 6.07) is 0. The lowest BCUT2D eigenvalue weighted by molar-refractivity contribution is 0.122. The van der Waals surface area contributed by atoms with E-state index in [1.165, 1.54) is 0 Å². The molecule has 1 aliphatic rings. The third-order valence-electron chi connectivity index (χ3n) is 3.28. The van der Waals surface area contributed by atoms with E-state index in [1.54, 1.807) is 0 Å².